The first kappa shape index (κ1) is 20.3. The number of fused-ring (bicyclic) bond motifs is 1. The summed E-state index contributed by atoms with van der Waals surface area (Å²) >= 11 is 7.89. The van der Waals surface area contributed by atoms with E-state index in [1.807, 2.05) is 42.5 Å². The highest BCUT2D eigenvalue weighted by Crippen LogP contribution is 2.41. The molecule has 0 saturated carbocycles. The van der Waals surface area contributed by atoms with Crippen molar-refractivity contribution in [2.24, 2.45) is 0 Å². The lowest BCUT2D eigenvalue weighted by atomic mass is 10.1. The molecule has 152 valence electrons. The van der Waals surface area contributed by atoms with E-state index in [-0.39, 0.29) is 17.8 Å². The number of nitrogens with zero attached hydrogens (tertiary/aromatic N) is 1. The molecule has 0 radical (unpaired) electrons. The molecule has 3 heterocycles. The Morgan fingerprint density at radius 1 is 1.30 bits per heavy atom. The number of aromatic nitrogens is 1. The van der Waals surface area contributed by atoms with Crippen LogP contribution < -0.4 is 10.1 Å². The quantitative estimate of drug-likeness (QED) is 0.443. The number of carbonyl (C=O) groups excluding carboxylic acids is 2. The number of ketones is 1. The second-order valence-electron chi connectivity index (χ2n) is 6.94. The molecule has 1 aliphatic rings. The van der Waals surface area contributed by atoms with Gasteiger partial charge in [-0.15, -0.1) is 11.3 Å². The first-order valence-corrected chi connectivity index (χ1v) is 10.7. The van der Waals surface area contributed by atoms with Gasteiger partial charge in [-0.3, -0.25) is 14.6 Å². The maximum absolute atomic E-state index is 12.1. The fourth-order valence-corrected chi connectivity index (χ4v) is 4.41. The molecule has 0 fully saturated rings. The summed E-state index contributed by atoms with van der Waals surface area (Å²) < 4.78 is 5.95. The molecule has 2 aromatic heterocycles. The monoisotopic (exact) mass is 438 g/mol. The molecule has 0 bridgehead atoms. The molecule has 1 aromatic carbocycles. The molecule has 30 heavy (non-hydrogen) atoms. The van der Waals surface area contributed by atoms with Gasteiger partial charge < -0.3 is 10.1 Å². The van der Waals surface area contributed by atoms with Gasteiger partial charge >= 0.3 is 0 Å². The van der Waals surface area contributed by atoms with Crippen molar-refractivity contribution in [2.75, 3.05) is 6.54 Å². The fraction of sp³-hybridized carbons (Fsp3) is 0.174. The van der Waals surface area contributed by atoms with Gasteiger partial charge in [-0.05, 0) is 55.0 Å². The molecule has 7 heteroatoms. The number of hydrogen-bond donors (Lipinski definition) is 1. The van der Waals surface area contributed by atoms with Crippen LogP contribution in [0.25, 0.3) is 16.5 Å². The molecular weight excluding hydrogens is 420 g/mol. The van der Waals surface area contributed by atoms with Crippen molar-refractivity contribution >= 4 is 40.7 Å². The topological polar surface area (TPSA) is 68.3 Å². The van der Waals surface area contributed by atoms with Crippen LogP contribution in [0.2, 0.25) is 5.02 Å². The highest BCUT2D eigenvalue weighted by molar-refractivity contribution is 7.17. The van der Waals surface area contributed by atoms with Crippen molar-refractivity contribution in [3.8, 4) is 16.2 Å². The molecule has 4 rings (SSSR count). The van der Waals surface area contributed by atoms with Crippen molar-refractivity contribution in [1.29, 1.82) is 0 Å². The standard InChI is InChI=1S/C23H19ClN2O3S/c1-14(27)20-6-7-21(30-20)15-10-16-11-18(29-23(16)19(24)12-15)13-26-22(28)8-5-17-4-2-3-9-25-17/h2-10,12,18H,11,13H2,1H3,(H,26,28)/b8-5+. The van der Waals surface area contributed by atoms with E-state index in [9.17, 15) is 9.59 Å². The Morgan fingerprint density at radius 3 is 2.90 bits per heavy atom. The second kappa shape index (κ2) is 8.81. The average Bonchev–Trinajstić information content (AvgIpc) is 3.39. The smallest absolute Gasteiger partial charge is 0.244 e. The molecule has 1 amide bonds. The molecule has 1 atom stereocenters. The summed E-state index contributed by atoms with van der Waals surface area (Å²) in [5, 5.41) is 3.39. The van der Waals surface area contributed by atoms with Crippen molar-refractivity contribution in [3.05, 3.63) is 75.9 Å². The van der Waals surface area contributed by atoms with Crippen LogP contribution in [0, 0.1) is 0 Å². The van der Waals surface area contributed by atoms with Crippen LogP contribution in [-0.2, 0) is 11.2 Å². The summed E-state index contributed by atoms with van der Waals surface area (Å²) in [6, 6.07) is 13.2. The van der Waals surface area contributed by atoms with Crippen molar-refractivity contribution in [2.45, 2.75) is 19.4 Å². The fourth-order valence-electron chi connectivity index (χ4n) is 3.23. The summed E-state index contributed by atoms with van der Waals surface area (Å²) in [5.74, 6) is 0.504. The first-order valence-electron chi connectivity index (χ1n) is 9.47. The lowest BCUT2D eigenvalue weighted by Gasteiger charge is -2.11. The van der Waals surface area contributed by atoms with Crippen LogP contribution in [0.15, 0.2) is 54.7 Å². The van der Waals surface area contributed by atoms with Gasteiger partial charge in [0, 0.05) is 29.1 Å². The first-order chi connectivity index (χ1) is 14.5. The van der Waals surface area contributed by atoms with Gasteiger partial charge in [-0.2, -0.15) is 0 Å². The third-order valence-electron chi connectivity index (χ3n) is 4.69. The number of rotatable bonds is 6. The lowest BCUT2D eigenvalue weighted by Crippen LogP contribution is -2.33. The maximum atomic E-state index is 12.1. The molecule has 1 aliphatic heterocycles. The van der Waals surface area contributed by atoms with E-state index in [0.29, 0.717) is 23.7 Å². The predicted octanol–water partition coefficient (Wildman–Crippen LogP) is 4.80. The van der Waals surface area contributed by atoms with Crippen LogP contribution in [0.4, 0.5) is 0 Å². The number of nitrogens with one attached hydrogen (secondary N) is 1. The molecule has 1 unspecified atom stereocenters. The second-order valence-corrected chi connectivity index (χ2v) is 8.43. The predicted molar refractivity (Wildman–Crippen MR) is 119 cm³/mol. The lowest BCUT2D eigenvalue weighted by molar-refractivity contribution is -0.116. The third kappa shape index (κ3) is 4.61. The molecule has 0 aliphatic carbocycles. The Hall–Kier alpha value is -2.96. The van der Waals surface area contributed by atoms with Crippen molar-refractivity contribution in [3.63, 3.8) is 0 Å². The van der Waals surface area contributed by atoms with Gasteiger partial charge in [0.1, 0.15) is 11.9 Å². The number of thiophene rings is 1. The van der Waals surface area contributed by atoms with Crippen molar-refractivity contribution in [1.82, 2.24) is 10.3 Å². The van der Waals surface area contributed by atoms with E-state index < -0.39 is 0 Å². The van der Waals surface area contributed by atoms with E-state index in [2.05, 4.69) is 10.3 Å². The Kier molecular flexibility index (Phi) is 5.97. The van der Waals surface area contributed by atoms with Gasteiger partial charge in [-0.1, -0.05) is 17.7 Å². The molecular formula is C23H19ClN2O3S. The minimum absolute atomic E-state index is 0.0507. The SMILES string of the molecule is CC(=O)c1ccc(-c2cc(Cl)c3c(c2)CC(CNC(=O)/C=C/c2ccccn2)O3)s1. The highest BCUT2D eigenvalue weighted by atomic mass is 35.5. The van der Waals surface area contributed by atoms with Crippen molar-refractivity contribution < 1.29 is 14.3 Å². The largest absolute Gasteiger partial charge is 0.486 e. The number of benzene rings is 1. The maximum Gasteiger partial charge on any atom is 0.244 e. The Labute approximate surface area is 183 Å². The van der Waals surface area contributed by atoms with E-state index in [4.69, 9.17) is 16.3 Å². The summed E-state index contributed by atoms with van der Waals surface area (Å²) in [6.07, 6.45) is 5.27. The third-order valence-corrected chi connectivity index (χ3v) is 6.20. The van der Waals surface area contributed by atoms with Crippen LogP contribution in [-0.4, -0.2) is 29.3 Å². The minimum atomic E-state index is -0.206. The molecule has 1 N–H and O–H groups in total. The Morgan fingerprint density at radius 2 is 2.17 bits per heavy atom. The zero-order valence-electron chi connectivity index (χ0n) is 16.2. The number of pyridine rings is 1. The van der Waals surface area contributed by atoms with E-state index in [0.717, 1.165) is 26.6 Å². The summed E-state index contributed by atoms with van der Waals surface area (Å²) in [7, 11) is 0. The van der Waals surface area contributed by atoms with Gasteiger partial charge in [0.2, 0.25) is 5.91 Å². The Balaban J connectivity index is 1.39. The average molecular weight is 439 g/mol. The number of carbonyl (C=O) groups is 2. The minimum Gasteiger partial charge on any atom is -0.486 e. The molecule has 3 aromatic rings. The summed E-state index contributed by atoms with van der Waals surface area (Å²) in [4.78, 5) is 29.5. The van der Waals surface area contributed by atoms with Crippen LogP contribution in [0.5, 0.6) is 5.75 Å². The number of hydrogen-bond acceptors (Lipinski definition) is 5. The van der Waals surface area contributed by atoms with Gasteiger partial charge in [0.25, 0.3) is 0 Å². The molecule has 5 nitrogen and oxygen atoms in total. The van der Waals surface area contributed by atoms with Crippen LogP contribution >= 0.6 is 22.9 Å². The van der Waals surface area contributed by atoms with Crippen LogP contribution in [0.3, 0.4) is 0 Å². The number of halogens is 1. The highest BCUT2D eigenvalue weighted by Gasteiger charge is 2.26. The Bertz CT molecular complexity index is 1120. The van der Waals surface area contributed by atoms with E-state index >= 15 is 0 Å². The van der Waals surface area contributed by atoms with Gasteiger partial charge in [0.05, 0.1) is 22.1 Å². The van der Waals surface area contributed by atoms with Crippen LogP contribution in [0.1, 0.15) is 27.9 Å². The van der Waals surface area contributed by atoms with Gasteiger partial charge in [-0.25, -0.2) is 0 Å². The molecule has 0 saturated heterocycles. The number of Topliss-reactive ketones (excluding diaryl/α,β-unsaturated/α-hetero) is 1. The summed E-state index contributed by atoms with van der Waals surface area (Å²) in [5.41, 5.74) is 2.68. The van der Waals surface area contributed by atoms with Gasteiger partial charge in [0.15, 0.2) is 5.78 Å². The number of ether oxygens (including phenoxy) is 1. The van der Waals surface area contributed by atoms with E-state index in [1.54, 1.807) is 19.2 Å². The zero-order chi connectivity index (χ0) is 21.1. The van der Waals surface area contributed by atoms with E-state index in [1.165, 1.54) is 17.4 Å². The summed E-state index contributed by atoms with van der Waals surface area (Å²) in [6.45, 7) is 1.93. The zero-order valence-corrected chi connectivity index (χ0v) is 17.8. The normalized spacial score (nSPS) is 15.1. The molecule has 0 spiro atoms. The number of amides is 1.